The highest BCUT2D eigenvalue weighted by Gasteiger charge is 2.49. The second-order valence-electron chi connectivity index (χ2n) is 6.19. The van der Waals surface area contributed by atoms with E-state index in [1.807, 2.05) is 13.0 Å². The van der Waals surface area contributed by atoms with Gasteiger partial charge >= 0.3 is 6.03 Å². The van der Waals surface area contributed by atoms with Crippen LogP contribution in [0.15, 0.2) is 54.6 Å². The number of urea groups is 1. The van der Waals surface area contributed by atoms with E-state index in [2.05, 4.69) is 5.32 Å². The average molecular weight is 352 g/mol. The molecule has 0 aromatic heterocycles. The molecule has 0 saturated carbocycles. The van der Waals surface area contributed by atoms with E-state index in [1.165, 1.54) is 0 Å². The van der Waals surface area contributed by atoms with Gasteiger partial charge in [0.1, 0.15) is 11.3 Å². The standard InChI is InChI=1S/C20H20N2O4/c1-3-26-16-11-9-14(10-12-16)17(23)13-22-18(24)20(2,21-19(22)25)15-7-5-4-6-8-15/h4-12H,3,13H2,1-2H3,(H,21,25)/t20-/m1/s1. The monoisotopic (exact) mass is 352 g/mol. The fourth-order valence-corrected chi connectivity index (χ4v) is 2.95. The number of Topliss-reactive ketones (excluding diaryl/α,β-unsaturated/α-hetero) is 1. The highest BCUT2D eigenvalue weighted by molar-refractivity contribution is 6.11. The number of hydrogen-bond donors (Lipinski definition) is 1. The highest BCUT2D eigenvalue weighted by Crippen LogP contribution is 2.28. The number of carbonyl (C=O) groups is 3. The Balaban J connectivity index is 1.76. The minimum Gasteiger partial charge on any atom is -0.494 e. The van der Waals surface area contributed by atoms with Crippen LogP contribution >= 0.6 is 0 Å². The van der Waals surface area contributed by atoms with Crippen molar-refractivity contribution in [2.24, 2.45) is 0 Å². The molecule has 0 bridgehead atoms. The Kier molecular flexibility index (Phi) is 4.75. The Morgan fingerprint density at radius 3 is 2.35 bits per heavy atom. The van der Waals surface area contributed by atoms with Crippen LogP contribution in [0.5, 0.6) is 5.75 Å². The van der Waals surface area contributed by atoms with Crippen molar-refractivity contribution in [2.75, 3.05) is 13.2 Å². The van der Waals surface area contributed by atoms with Crippen molar-refractivity contribution >= 4 is 17.7 Å². The predicted molar refractivity (Wildman–Crippen MR) is 96.0 cm³/mol. The van der Waals surface area contributed by atoms with Crippen molar-refractivity contribution in [2.45, 2.75) is 19.4 Å². The molecule has 1 saturated heterocycles. The van der Waals surface area contributed by atoms with Crippen molar-refractivity contribution < 1.29 is 19.1 Å². The molecule has 0 aliphatic carbocycles. The van der Waals surface area contributed by atoms with Crippen LogP contribution in [0.1, 0.15) is 29.8 Å². The number of carbonyl (C=O) groups excluding carboxylic acids is 3. The number of rotatable bonds is 6. The summed E-state index contributed by atoms with van der Waals surface area (Å²) in [6, 6.07) is 15.0. The van der Waals surface area contributed by atoms with E-state index in [-0.39, 0.29) is 12.3 Å². The first kappa shape index (κ1) is 17.7. The Morgan fingerprint density at radius 2 is 1.73 bits per heavy atom. The molecule has 0 unspecified atom stereocenters. The second kappa shape index (κ2) is 7.00. The van der Waals surface area contributed by atoms with Gasteiger partial charge in [0.2, 0.25) is 0 Å². The van der Waals surface area contributed by atoms with Crippen molar-refractivity contribution in [3.05, 3.63) is 65.7 Å². The molecule has 134 valence electrons. The number of benzene rings is 2. The topological polar surface area (TPSA) is 75.7 Å². The van der Waals surface area contributed by atoms with Crippen molar-refractivity contribution in [1.29, 1.82) is 0 Å². The molecule has 26 heavy (non-hydrogen) atoms. The smallest absolute Gasteiger partial charge is 0.325 e. The van der Waals surface area contributed by atoms with Crippen molar-refractivity contribution in [1.82, 2.24) is 10.2 Å². The Hall–Kier alpha value is -3.15. The normalized spacial score (nSPS) is 19.4. The molecular weight excluding hydrogens is 332 g/mol. The van der Waals surface area contributed by atoms with Crippen LogP contribution < -0.4 is 10.1 Å². The zero-order chi connectivity index (χ0) is 18.7. The lowest BCUT2D eigenvalue weighted by atomic mass is 9.92. The summed E-state index contributed by atoms with van der Waals surface area (Å²) in [7, 11) is 0. The van der Waals surface area contributed by atoms with Crippen LogP contribution in [0, 0.1) is 0 Å². The molecule has 1 heterocycles. The predicted octanol–water partition coefficient (Wildman–Crippen LogP) is 2.74. The number of amides is 3. The average Bonchev–Trinajstić information content (AvgIpc) is 2.87. The summed E-state index contributed by atoms with van der Waals surface area (Å²) >= 11 is 0. The van der Waals surface area contributed by atoms with Gasteiger partial charge in [-0.25, -0.2) is 4.79 Å². The maximum atomic E-state index is 12.8. The summed E-state index contributed by atoms with van der Waals surface area (Å²) in [5, 5.41) is 2.69. The molecule has 1 aliphatic rings. The van der Waals surface area contributed by atoms with Gasteiger partial charge in [-0.15, -0.1) is 0 Å². The quantitative estimate of drug-likeness (QED) is 0.641. The van der Waals surface area contributed by atoms with Crippen LogP contribution in [0.3, 0.4) is 0 Å². The van der Waals surface area contributed by atoms with Crippen molar-refractivity contribution in [3.63, 3.8) is 0 Å². The van der Waals surface area contributed by atoms with Gasteiger partial charge in [-0.3, -0.25) is 14.5 Å². The van der Waals surface area contributed by atoms with Crippen LogP contribution in [0.2, 0.25) is 0 Å². The highest BCUT2D eigenvalue weighted by atomic mass is 16.5. The third-order valence-corrected chi connectivity index (χ3v) is 4.42. The number of nitrogens with zero attached hydrogens (tertiary/aromatic N) is 1. The molecule has 3 rings (SSSR count). The van der Waals surface area contributed by atoms with Crippen LogP contribution in [-0.2, 0) is 10.3 Å². The maximum absolute atomic E-state index is 12.8. The lowest BCUT2D eigenvalue weighted by molar-refractivity contribution is -0.130. The van der Waals surface area contributed by atoms with E-state index in [0.29, 0.717) is 23.5 Å². The molecule has 2 aromatic rings. The van der Waals surface area contributed by atoms with Crippen LogP contribution in [0.25, 0.3) is 0 Å². The Labute approximate surface area is 151 Å². The van der Waals surface area contributed by atoms with Crippen LogP contribution in [-0.4, -0.2) is 35.8 Å². The number of nitrogens with one attached hydrogen (secondary N) is 1. The molecule has 2 aromatic carbocycles. The molecule has 6 nitrogen and oxygen atoms in total. The number of imide groups is 1. The molecule has 6 heteroatoms. The van der Waals surface area contributed by atoms with Gasteiger partial charge in [-0.05, 0) is 43.7 Å². The fraction of sp³-hybridized carbons (Fsp3) is 0.250. The summed E-state index contributed by atoms with van der Waals surface area (Å²) in [5.74, 6) is -0.0856. The molecule has 0 radical (unpaired) electrons. The van der Waals surface area contributed by atoms with Gasteiger partial charge in [0.25, 0.3) is 5.91 Å². The first-order valence-electron chi connectivity index (χ1n) is 8.41. The molecule has 1 N–H and O–H groups in total. The molecular formula is C20H20N2O4. The third-order valence-electron chi connectivity index (χ3n) is 4.42. The van der Waals surface area contributed by atoms with E-state index in [4.69, 9.17) is 4.74 Å². The second-order valence-corrected chi connectivity index (χ2v) is 6.19. The van der Waals surface area contributed by atoms with Gasteiger partial charge in [0, 0.05) is 5.56 Å². The molecule has 3 amide bonds. The number of hydrogen-bond acceptors (Lipinski definition) is 4. The van der Waals surface area contributed by atoms with Crippen molar-refractivity contribution in [3.8, 4) is 5.75 Å². The largest absolute Gasteiger partial charge is 0.494 e. The Bertz CT molecular complexity index is 833. The summed E-state index contributed by atoms with van der Waals surface area (Å²) in [6.07, 6.45) is 0. The SMILES string of the molecule is CCOc1ccc(C(=O)CN2C(=O)N[C@](C)(c3ccccc3)C2=O)cc1. The zero-order valence-corrected chi connectivity index (χ0v) is 14.7. The van der Waals surface area contributed by atoms with E-state index in [1.54, 1.807) is 55.5 Å². The van der Waals surface area contributed by atoms with E-state index in [9.17, 15) is 14.4 Å². The summed E-state index contributed by atoms with van der Waals surface area (Å²) < 4.78 is 5.34. The summed E-state index contributed by atoms with van der Waals surface area (Å²) in [5.41, 5.74) is -0.0750. The summed E-state index contributed by atoms with van der Waals surface area (Å²) in [4.78, 5) is 38.6. The zero-order valence-electron chi connectivity index (χ0n) is 14.7. The minimum atomic E-state index is -1.17. The van der Waals surface area contributed by atoms with Crippen LogP contribution in [0.4, 0.5) is 4.79 Å². The molecule has 1 atom stereocenters. The number of ether oxygens (including phenoxy) is 1. The summed E-state index contributed by atoms with van der Waals surface area (Å²) in [6.45, 7) is 3.75. The third kappa shape index (κ3) is 3.18. The molecule has 0 spiro atoms. The van der Waals surface area contributed by atoms with Gasteiger partial charge < -0.3 is 10.1 Å². The maximum Gasteiger partial charge on any atom is 0.325 e. The molecule has 1 fully saturated rings. The van der Waals surface area contributed by atoms with E-state index in [0.717, 1.165) is 4.90 Å². The lowest BCUT2D eigenvalue weighted by Gasteiger charge is -2.22. The first-order chi connectivity index (χ1) is 12.5. The van der Waals surface area contributed by atoms with Gasteiger partial charge in [-0.2, -0.15) is 0 Å². The van der Waals surface area contributed by atoms with E-state index >= 15 is 0 Å². The minimum absolute atomic E-state index is 0.304. The van der Waals surface area contributed by atoms with Gasteiger partial charge in [-0.1, -0.05) is 30.3 Å². The van der Waals surface area contributed by atoms with Gasteiger partial charge in [0.05, 0.1) is 13.2 Å². The fourth-order valence-electron chi connectivity index (χ4n) is 2.95. The van der Waals surface area contributed by atoms with Gasteiger partial charge in [0.15, 0.2) is 5.78 Å². The van der Waals surface area contributed by atoms with E-state index < -0.39 is 17.5 Å². The Morgan fingerprint density at radius 1 is 1.08 bits per heavy atom. The lowest BCUT2D eigenvalue weighted by Crippen LogP contribution is -2.41. The number of ketones is 1. The first-order valence-corrected chi connectivity index (χ1v) is 8.41. The molecule has 1 aliphatic heterocycles.